The zero-order valence-electron chi connectivity index (χ0n) is 9.97. The standard InChI is InChI=1S/C13H16O3S/c1-13(7-8-17)10-6-4-3-5-9(10)11(16-13)12(14)15-2/h3-6,11,17H,7-8H2,1-2H3. The molecule has 17 heavy (non-hydrogen) atoms. The van der Waals surface area contributed by atoms with Crippen molar-refractivity contribution in [1.29, 1.82) is 0 Å². The minimum absolute atomic E-state index is 0.347. The molecule has 0 amide bonds. The van der Waals surface area contributed by atoms with Crippen LogP contribution in [-0.2, 0) is 19.9 Å². The first-order valence-electron chi connectivity index (χ1n) is 5.58. The largest absolute Gasteiger partial charge is 0.467 e. The molecule has 0 aliphatic carbocycles. The first kappa shape index (κ1) is 12.5. The van der Waals surface area contributed by atoms with Crippen molar-refractivity contribution in [2.45, 2.75) is 25.0 Å². The van der Waals surface area contributed by atoms with Gasteiger partial charge in [-0.2, -0.15) is 12.6 Å². The van der Waals surface area contributed by atoms with Gasteiger partial charge in [-0.25, -0.2) is 4.79 Å². The van der Waals surface area contributed by atoms with Crippen molar-refractivity contribution in [2.24, 2.45) is 0 Å². The van der Waals surface area contributed by atoms with Crippen LogP contribution in [0.1, 0.15) is 30.6 Å². The van der Waals surface area contributed by atoms with Crippen LogP contribution in [0.15, 0.2) is 24.3 Å². The quantitative estimate of drug-likeness (QED) is 0.663. The van der Waals surface area contributed by atoms with Gasteiger partial charge in [0, 0.05) is 0 Å². The van der Waals surface area contributed by atoms with Gasteiger partial charge < -0.3 is 9.47 Å². The van der Waals surface area contributed by atoms with Crippen LogP contribution in [0.3, 0.4) is 0 Å². The Bertz CT molecular complexity index is 432. The number of hydrogen-bond acceptors (Lipinski definition) is 4. The summed E-state index contributed by atoms with van der Waals surface area (Å²) in [5, 5.41) is 0. The van der Waals surface area contributed by atoms with Gasteiger partial charge in [-0.15, -0.1) is 0 Å². The second-order valence-corrected chi connectivity index (χ2v) is 4.76. The number of thiol groups is 1. The normalized spacial score (nSPS) is 26.6. The SMILES string of the molecule is COC(=O)C1OC(C)(CCS)c2ccccc21. The number of esters is 1. The molecule has 1 heterocycles. The zero-order valence-corrected chi connectivity index (χ0v) is 10.9. The van der Waals surface area contributed by atoms with Crippen molar-refractivity contribution < 1.29 is 14.3 Å². The van der Waals surface area contributed by atoms with Gasteiger partial charge in [0.25, 0.3) is 0 Å². The van der Waals surface area contributed by atoms with E-state index >= 15 is 0 Å². The molecule has 0 fully saturated rings. The van der Waals surface area contributed by atoms with E-state index in [-0.39, 0.29) is 5.97 Å². The van der Waals surface area contributed by atoms with Crippen LogP contribution in [-0.4, -0.2) is 18.8 Å². The van der Waals surface area contributed by atoms with Gasteiger partial charge in [-0.3, -0.25) is 0 Å². The van der Waals surface area contributed by atoms with Crippen LogP contribution < -0.4 is 0 Å². The Hall–Kier alpha value is -1.00. The van der Waals surface area contributed by atoms with Crippen molar-refractivity contribution in [3.05, 3.63) is 35.4 Å². The lowest BCUT2D eigenvalue weighted by Gasteiger charge is -2.24. The number of hydrogen-bond donors (Lipinski definition) is 1. The van der Waals surface area contributed by atoms with Crippen molar-refractivity contribution in [2.75, 3.05) is 12.9 Å². The van der Waals surface area contributed by atoms with E-state index in [9.17, 15) is 4.79 Å². The lowest BCUT2D eigenvalue weighted by Crippen LogP contribution is -2.24. The second kappa shape index (κ2) is 4.70. The lowest BCUT2D eigenvalue weighted by molar-refractivity contribution is -0.163. The van der Waals surface area contributed by atoms with Gasteiger partial charge in [-0.1, -0.05) is 24.3 Å². The molecule has 2 rings (SSSR count). The molecule has 0 aromatic heterocycles. The minimum Gasteiger partial charge on any atom is -0.467 e. The fraction of sp³-hybridized carbons (Fsp3) is 0.462. The molecule has 0 bridgehead atoms. The van der Waals surface area contributed by atoms with Gasteiger partial charge in [-0.05, 0) is 30.2 Å². The first-order chi connectivity index (χ1) is 8.12. The molecule has 0 saturated heterocycles. The van der Waals surface area contributed by atoms with Crippen molar-refractivity contribution in [3.8, 4) is 0 Å². The van der Waals surface area contributed by atoms with Crippen LogP contribution >= 0.6 is 12.6 Å². The number of fused-ring (bicyclic) bond motifs is 1. The van der Waals surface area contributed by atoms with E-state index in [0.717, 1.165) is 17.5 Å². The number of carbonyl (C=O) groups is 1. The molecule has 3 nitrogen and oxygen atoms in total. The molecule has 0 saturated carbocycles. The molecule has 1 aliphatic rings. The first-order valence-corrected chi connectivity index (χ1v) is 6.21. The maximum atomic E-state index is 11.7. The molecule has 1 aliphatic heterocycles. The maximum Gasteiger partial charge on any atom is 0.339 e. The van der Waals surface area contributed by atoms with Crippen LogP contribution in [0.2, 0.25) is 0 Å². The second-order valence-electron chi connectivity index (χ2n) is 4.31. The number of carbonyl (C=O) groups excluding carboxylic acids is 1. The van der Waals surface area contributed by atoms with E-state index in [1.165, 1.54) is 7.11 Å². The molecule has 4 heteroatoms. The smallest absolute Gasteiger partial charge is 0.339 e. The number of rotatable bonds is 3. The third kappa shape index (κ3) is 2.07. The summed E-state index contributed by atoms with van der Waals surface area (Å²) in [4.78, 5) is 11.7. The Morgan fingerprint density at radius 3 is 2.88 bits per heavy atom. The van der Waals surface area contributed by atoms with E-state index in [2.05, 4.69) is 12.6 Å². The van der Waals surface area contributed by atoms with Crippen LogP contribution in [0.5, 0.6) is 0 Å². The molecule has 1 aromatic rings. The molecule has 92 valence electrons. The van der Waals surface area contributed by atoms with E-state index in [1.54, 1.807) is 0 Å². The van der Waals surface area contributed by atoms with E-state index < -0.39 is 11.7 Å². The predicted octanol–water partition coefficient (Wildman–Crippen LogP) is 2.47. The van der Waals surface area contributed by atoms with E-state index in [4.69, 9.17) is 9.47 Å². The zero-order chi connectivity index (χ0) is 12.5. The molecule has 2 atom stereocenters. The van der Waals surface area contributed by atoms with Crippen LogP contribution in [0.4, 0.5) is 0 Å². The number of ether oxygens (including phenoxy) is 2. The van der Waals surface area contributed by atoms with Gasteiger partial charge in [0.1, 0.15) is 0 Å². The highest BCUT2D eigenvalue weighted by Crippen LogP contribution is 2.45. The van der Waals surface area contributed by atoms with Gasteiger partial charge >= 0.3 is 5.97 Å². The Morgan fingerprint density at radius 1 is 1.53 bits per heavy atom. The summed E-state index contributed by atoms with van der Waals surface area (Å²) in [5.74, 6) is 0.360. The summed E-state index contributed by atoms with van der Waals surface area (Å²) in [6.45, 7) is 1.99. The van der Waals surface area contributed by atoms with Crippen LogP contribution in [0.25, 0.3) is 0 Å². The predicted molar refractivity (Wildman–Crippen MR) is 68.1 cm³/mol. The number of benzene rings is 1. The Kier molecular flexibility index (Phi) is 3.45. The Balaban J connectivity index is 2.42. The average Bonchev–Trinajstić information content (AvgIpc) is 2.64. The highest BCUT2D eigenvalue weighted by Gasteiger charge is 2.44. The molecule has 0 spiro atoms. The highest BCUT2D eigenvalue weighted by atomic mass is 32.1. The summed E-state index contributed by atoms with van der Waals surface area (Å²) in [7, 11) is 1.38. The van der Waals surface area contributed by atoms with Crippen molar-refractivity contribution >= 4 is 18.6 Å². The van der Waals surface area contributed by atoms with E-state index in [1.807, 2.05) is 31.2 Å². The summed E-state index contributed by atoms with van der Waals surface area (Å²) in [5.41, 5.74) is 1.52. The molecular weight excluding hydrogens is 236 g/mol. The third-order valence-electron chi connectivity index (χ3n) is 3.20. The van der Waals surface area contributed by atoms with Gasteiger partial charge in [0.15, 0.2) is 6.10 Å². The summed E-state index contributed by atoms with van der Waals surface area (Å²) < 4.78 is 10.7. The van der Waals surface area contributed by atoms with E-state index in [0.29, 0.717) is 5.75 Å². The summed E-state index contributed by atoms with van der Waals surface area (Å²) in [6, 6.07) is 7.78. The lowest BCUT2D eigenvalue weighted by atomic mass is 9.91. The highest BCUT2D eigenvalue weighted by molar-refractivity contribution is 7.80. The van der Waals surface area contributed by atoms with Crippen molar-refractivity contribution in [1.82, 2.24) is 0 Å². The Labute approximate surface area is 107 Å². The average molecular weight is 252 g/mol. The fourth-order valence-corrected chi connectivity index (χ4v) is 2.71. The fourth-order valence-electron chi connectivity index (χ4n) is 2.28. The summed E-state index contributed by atoms with van der Waals surface area (Å²) in [6.07, 6.45) is 0.154. The van der Waals surface area contributed by atoms with Crippen molar-refractivity contribution in [3.63, 3.8) is 0 Å². The molecule has 2 unspecified atom stereocenters. The van der Waals surface area contributed by atoms with Gasteiger partial charge in [0.05, 0.1) is 12.7 Å². The monoisotopic (exact) mass is 252 g/mol. The molecule has 0 radical (unpaired) electrons. The summed E-state index contributed by atoms with van der Waals surface area (Å²) >= 11 is 4.25. The third-order valence-corrected chi connectivity index (χ3v) is 3.42. The maximum absolute atomic E-state index is 11.7. The minimum atomic E-state index is -0.610. The van der Waals surface area contributed by atoms with Gasteiger partial charge in [0.2, 0.25) is 0 Å². The molecule has 0 N–H and O–H groups in total. The topological polar surface area (TPSA) is 35.5 Å². The molecule has 1 aromatic carbocycles. The number of methoxy groups -OCH3 is 1. The Morgan fingerprint density at radius 2 is 2.24 bits per heavy atom. The van der Waals surface area contributed by atoms with Crippen LogP contribution in [0, 0.1) is 0 Å². The molecular formula is C13H16O3S.